The minimum atomic E-state index is 0.0562. The highest BCUT2D eigenvalue weighted by molar-refractivity contribution is 7.10. The van der Waals surface area contributed by atoms with Crippen molar-refractivity contribution >= 4 is 17.3 Å². The molecule has 6 heteroatoms. The van der Waals surface area contributed by atoms with Gasteiger partial charge in [-0.2, -0.15) is 5.10 Å². The first-order chi connectivity index (χ1) is 12.6. The Morgan fingerprint density at radius 2 is 1.92 bits per heavy atom. The Morgan fingerprint density at radius 1 is 1.12 bits per heavy atom. The first-order valence-corrected chi connectivity index (χ1v) is 9.55. The van der Waals surface area contributed by atoms with Crippen LogP contribution in [-0.2, 0) is 12.0 Å². The van der Waals surface area contributed by atoms with Gasteiger partial charge in [0.1, 0.15) is 0 Å². The third-order valence-corrected chi connectivity index (χ3v) is 5.45. The molecule has 0 saturated heterocycles. The van der Waals surface area contributed by atoms with Crippen molar-refractivity contribution in [2.24, 2.45) is 4.99 Å². The lowest BCUT2D eigenvalue weighted by atomic mass is 9.91. The molecule has 136 valence electrons. The van der Waals surface area contributed by atoms with Crippen LogP contribution in [-0.4, -0.2) is 29.3 Å². The molecule has 5 nitrogen and oxygen atoms in total. The first-order valence-electron chi connectivity index (χ1n) is 8.67. The Morgan fingerprint density at radius 3 is 2.62 bits per heavy atom. The average molecular weight is 368 g/mol. The predicted molar refractivity (Wildman–Crippen MR) is 109 cm³/mol. The Hall–Kier alpha value is -2.60. The maximum absolute atomic E-state index is 4.61. The minimum absolute atomic E-state index is 0.0562. The molecule has 0 radical (unpaired) electrons. The summed E-state index contributed by atoms with van der Waals surface area (Å²) in [5.41, 5.74) is 2.08. The Labute approximate surface area is 158 Å². The van der Waals surface area contributed by atoms with E-state index in [4.69, 9.17) is 0 Å². The molecule has 0 aliphatic rings. The Balaban J connectivity index is 1.54. The molecule has 0 aliphatic heterocycles. The normalized spacial score (nSPS) is 12.2. The van der Waals surface area contributed by atoms with Gasteiger partial charge in [0.15, 0.2) is 5.96 Å². The second-order valence-corrected chi connectivity index (χ2v) is 7.68. The van der Waals surface area contributed by atoms with E-state index in [0.29, 0.717) is 6.54 Å². The molecule has 3 rings (SSSR count). The summed E-state index contributed by atoms with van der Waals surface area (Å²) >= 11 is 1.79. The van der Waals surface area contributed by atoms with E-state index in [-0.39, 0.29) is 5.41 Å². The summed E-state index contributed by atoms with van der Waals surface area (Å²) in [5, 5.41) is 13.5. The van der Waals surface area contributed by atoms with Gasteiger partial charge in [-0.25, -0.2) is 4.68 Å². The van der Waals surface area contributed by atoms with Crippen LogP contribution in [0.3, 0.4) is 0 Å². The number of hydrogen-bond acceptors (Lipinski definition) is 3. The maximum Gasteiger partial charge on any atom is 0.191 e. The fourth-order valence-electron chi connectivity index (χ4n) is 2.63. The van der Waals surface area contributed by atoms with Crippen molar-refractivity contribution in [3.8, 4) is 5.69 Å². The van der Waals surface area contributed by atoms with Crippen LogP contribution in [0.4, 0.5) is 0 Å². The topological polar surface area (TPSA) is 54.2 Å². The highest BCUT2D eigenvalue weighted by atomic mass is 32.1. The number of guanidine groups is 1. The van der Waals surface area contributed by atoms with Crippen molar-refractivity contribution in [3.05, 3.63) is 70.7 Å². The summed E-state index contributed by atoms with van der Waals surface area (Å²) in [6.45, 7) is 5.91. The Kier molecular flexibility index (Phi) is 5.73. The lowest BCUT2D eigenvalue weighted by Gasteiger charge is -2.25. The van der Waals surface area contributed by atoms with Gasteiger partial charge in [-0.3, -0.25) is 4.99 Å². The zero-order valence-electron chi connectivity index (χ0n) is 15.4. The summed E-state index contributed by atoms with van der Waals surface area (Å²) in [7, 11) is 1.79. The molecular weight excluding hydrogens is 342 g/mol. The van der Waals surface area contributed by atoms with Crippen LogP contribution in [0.5, 0.6) is 0 Å². The number of para-hydroxylation sites is 1. The number of aromatic nitrogens is 2. The molecule has 2 heterocycles. The molecule has 0 atom stereocenters. The van der Waals surface area contributed by atoms with E-state index in [1.807, 2.05) is 47.3 Å². The lowest BCUT2D eigenvalue weighted by molar-refractivity contribution is 0.518. The van der Waals surface area contributed by atoms with E-state index in [1.54, 1.807) is 18.4 Å². The molecule has 2 aromatic heterocycles. The second kappa shape index (κ2) is 8.19. The fourth-order valence-corrected chi connectivity index (χ4v) is 3.48. The highest BCUT2D eigenvalue weighted by Gasteiger charge is 2.21. The molecule has 0 spiro atoms. The molecule has 0 fully saturated rings. The van der Waals surface area contributed by atoms with Gasteiger partial charge in [-0.15, -0.1) is 11.3 Å². The van der Waals surface area contributed by atoms with E-state index in [0.717, 1.165) is 23.9 Å². The molecule has 0 amide bonds. The predicted octanol–water partition coefficient (Wildman–Crippen LogP) is 3.58. The van der Waals surface area contributed by atoms with Gasteiger partial charge in [0, 0.05) is 30.1 Å². The zero-order valence-corrected chi connectivity index (χ0v) is 16.3. The average Bonchev–Trinajstić information content (AvgIpc) is 3.35. The van der Waals surface area contributed by atoms with Crippen molar-refractivity contribution in [3.63, 3.8) is 0 Å². The lowest BCUT2D eigenvalue weighted by Crippen LogP contribution is -2.43. The Bertz CT molecular complexity index is 834. The van der Waals surface area contributed by atoms with E-state index in [2.05, 4.69) is 52.1 Å². The van der Waals surface area contributed by atoms with Crippen LogP contribution < -0.4 is 10.6 Å². The second-order valence-electron chi connectivity index (χ2n) is 6.73. The number of thiophene rings is 1. The van der Waals surface area contributed by atoms with E-state index in [9.17, 15) is 0 Å². The minimum Gasteiger partial charge on any atom is -0.356 e. The summed E-state index contributed by atoms with van der Waals surface area (Å²) in [6, 6.07) is 16.4. The monoisotopic (exact) mass is 367 g/mol. The molecule has 0 bridgehead atoms. The van der Waals surface area contributed by atoms with Gasteiger partial charge in [0.2, 0.25) is 0 Å². The molecule has 0 aliphatic carbocycles. The van der Waals surface area contributed by atoms with E-state index >= 15 is 0 Å². The SMILES string of the molecule is CN=C(NCc1ccn(-c2ccccc2)n1)NCC(C)(C)c1cccs1. The van der Waals surface area contributed by atoms with Crippen molar-refractivity contribution in [1.29, 1.82) is 0 Å². The molecule has 3 aromatic rings. The van der Waals surface area contributed by atoms with E-state index in [1.165, 1.54) is 4.88 Å². The number of rotatable bonds is 6. The van der Waals surface area contributed by atoms with Crippen molar-refractivity contribution < 1.29 is 0 Å². The fraction of sp³-hybridized carbons (Fsp3) is 0.300. The van der Waals surface area contributed by atoms with Crippen LogP contribution in [0.25, 0.3) is 5.69 Å². The van der Waals surface area contributed by atoms with Crippen molar-refractivity contribution in [2.45, 2.75) is 25.8 Å². The molecule has 2 N–H and O–H groups in total. The summed E-state index contributed by atoms with van der Waals surface area (Å²) in [4.78, 5) is 5.68. The first kappa shape index (κ1) is 18.2. The van der Waals surface area contributed by atoms with Gasteiger partial charge in [-0.1, -0.05) is 38.1 Å². The largest absolute Gasteiger partial charge is 0.356 e. The van der Waals surface area contributed by atoms with Gasteiger partial charge in [0.05, 0.1) is 17.9 Å². The standard InChI is InChI=1S/C20H25N5S/c1-20(2,18-10-7-13-26-18)15-23-19(21-3)22-14-16-11-12-25(24-16)17-8-5-4-6-9-17/h4-13H,14-15H2,1-3H3,(H2,21,22,23). The third kappa shape index (κ3) is 4.52. The number of hydrogen-bond donors (Lipinski definition) is 2. The van der Waals surface area contributed by atoms with Crippen molar-refractivity contribution in [2.75, 3.05) is 13.6 Å². The quantitative estimate of drug-likeness (QED) is 0.517. The number of aliphatic imine (C=N–C) groups is 1. The summed E-state index contributed by atoms with van der Waals surface area (Å²) in [5.74, 6) is 0.781. The summed E-state index contributed by atoms with van der Waals surface area (Å²) in [6.07, 6.45) is 1.97. The molecular formula is C20H25N5S. The third-order valence-electron chi connectivity index (χ3n) is 4.21. The maximum atomic E-state index is 4.61. The van der Waals surface area contributed by atoms with Gasteiger partial charge in [0.25, 0.3) is 0 Å². The van der Waals surface area contributed by atoms with Crippen LogP contribution in [0.15, 0.2) is 65.1 Å². The number of nitrogens with zero attached hydrogens (tertiary/aromatic N) is 3. The smallest absolute Gasteiger partial charge is 0.191 e. The van der Waals surface area contributed by atoms with Crippen LogP contribution in [0, 0.1) is 0 Å². The van der Waals surface area contributed by atoms with Crippen LogP contribution in [0.2, 0.25) is 0 Å². The van der Waals surface area contributed by atoms with E-state index < -0.39 is 0 Å². The zero-order chi connectivity index (χ0) is 18.4. The molecule has 1 aromatic carbocycles. The molecule has 26 heavy (non-hydrogen) atoms. The number of nitrogens with one attached hydrogen (secondary N) is 2. The van der Waals surface area contributed by atoms with Gasteiger partial charge < -0.3 is 10.6 Å². The number of benzene rings is 1. The van der Waals surface area contributed by atoms with Crippen LogP contribution in [0.1, 0.15) is 24.4 Å². The van der Waals surface area contributed by atoms with Crippen LogP contribution >= 0.6 is 11.3 Å². The van der Waals surface area contributed by atoms with Crippen molar-refractivity contribution in [1.82, 2.24) is 20.4 Å². The van der Waals surface area contributed by atoms with Gasteiger partial charge in [-0.05, 0) is 29.6 Å². The highest BCUT2D eigenvalue weighted by Crippen LogP contribution is 2.26. The summed E-state index contributed by atoms with van der Waals surface area (Å²) < 4.78 is 1.88. The van der Waals surface area contributed by atoms with Gasteiger partial charge >= 0.3 is 0 Å². The molecule has 0 unspecified atom stereocenters. The molecule has 0 saturated carbocycles.